The van der Waals surface area contributed by atoms with Crippen LogP contribution in [0, 0.1) is 0 Å². The van der Waals surface area contributed by atoms with E-state index < -0.39 is 18.1 Å². The van der Waals surface area contributed by atoms with Gasteiger partial charge in [-0.2, -0.15) is 13.2 Å². The molecule has 0 saturated heterocycles. The van der Waals surface area contributed by atoms with Gasteiger partial charge in [0.2, 0.25) is 0 Å². The van der Waals surface area contributed by atoms with Crippen LogP contribution >= 0.6 is 0 Å². The molecular formula is C15H19F3N2O4. The van der Waals surface area contributed by atoms with Crippen LogP contribution in [0.25, 0.3) is 0 Å². The summed E-state index contributed by atoms with van der Waals surface area (Å²) in [6.45, 7) is 4.26. The van der Waals surface area contributed by atoms with Gasteiger partial charge in [0.15, 0.2) is 11.5 Å². The number of para-hydroxylation sites is 2. The van der Waals surface area contributed by atoms with Crippen LogP contribution in [0.5, 0.6) is 11.5 Å². The lowest BCUT2D eigenvalue weighted by Gasteiger charge is -2.29. The maximum Gasteiger partial charge on any atom is 0.492 e. The molecule has 2 rings (SSSR count). The summed E-state index contributed by atoms with van der Waals surface area (Å²) in [5.74, 6) is -3.43. The Balaban J connectivity index is 1.93. The second kappa shape index (κ2) is 7.16. The van der Waals surface area contributed by atoms with Gasteiger partial charge in [-0.25, -0.2) is 4.79 Å². The summed E-state index contributed by atoms with van der Waals surface area (Å²) >= 11 is 0. The lowest BCUT2D eigenvalue weighted by Crippen LogP contribution is -2.66. The topological polar surface area (TPSA) is 68.8 Å². The molecule has 1 aliphatic heterocycles. The monoisotopic (exact) mass is 348 g/mol. The van der Waals surface area contributed by atoms with Gasteiger partial charge in [-0.1, -0.05) is 12.1 Å². The number of alkyl halides is 3. The zero-order valence-electron chi connectivity index (χ0n) is 13.3. The lowest BCUT2D eigenvalue weighted by atomic mass is 10.3. The first-order chi connectivity index (χ1) is 11.2. The Bertz CT molecular complexity index is 553. The maximum absolute atomic E-state index is 13.4. The van der Waals surface area contributed by atoms with Crippen LogP contribution in [0.1, 0.15) is 20.3 Å². The van der Waals surface area contributed by atoms with Crippen LogP contribution in [-0.4, -0.2) is 37.4 Å². The third-order valence-corrected chi connectivity index (χ3v) is 3.07. The van der Waals surface area contributed by atoms with Gasteiger partial charge in [0.05, 0.1) is 6.10 Å². The van der Waals surface area contributed by atoms with E-state index in [1.165, 1.54) is 24.3 Å². The van der Waals surface area contributed by atoms with Crippen molar-refractivity contribution in [2.75, 3.05) is 13.2 Å². The van der Waals surface area contributed by atoms with E-state index in [4.69, 9.17) is 14.2 Å². The summed E-state index contributed by atoms with van der Waals surface area (Å²) in [7, 11) is 0. The molecule has 6 nitrogen and oxygen atoms in total. The van der Waals surface area contributed by atoms with E-state index in [0.29, 0.717) is 13.0 Å². The highest BCUT2D eigenvalue weighted by molar-refractivity contribution is 5.74. The third kappa shape index (κ3) is 4.22. The number of nitrogens with one attached hydrogen (secondary N) is 2. The molecule has 0 saturated carbocycles. The maximum atomic E-state index is 13.4. The highest BCUT2D eigenvalue weighted by Crippen LogP contribution is 2.44. The van der Waals surface area contributed by atoms with Gasteiger partial charge >= 0.3 is 18.1 Å². The number of carbonyl (C=O) groups excluding carboxylic acids is 1. The Morgan fingerprint density at radius 2 is 1.83 bits per heavy atom. The summed E-state index contributed by atoms with van der Waals surface area (Å²) in [6.07, 6.45) is -4.46. The second-order valence-electron chi connectivity index (χ2n) is 5.42. The number of ether oxygens (including phenoxy) is 3. The quantitative estimate of drug-likeness (QED) is 0.776. The Labute approximate surface area is 137 Å². The number of carbonyl (C=O) groups is 1. The minimum atomic E-state index is -4.97. The number of benzene rings is 1. The molecule has 0 aromatic heterocycles. The molecule has 0 fully saturated rings. The van der Waals surface area contributed by atoms with Crippen molar-refractivity contribution < 1.29 is 32.2 Å². The SMILES string of the molecule is CC(C)OCCCNC(=O)NC1(C(F)(F)F)Oc2ccccc2O1. The standard InChI is InChI=1S/C15H19F3N2O4/c1-10(2)22-9-5-8-19-13(21)20-15(14(16,17)18)23-11-6-3-4-7-12(11)24-15/h3-4,6-7,10H,5,8-9H2,1-2H3,(H2,19,20,21). The smallest absolute Gasteiger partial charge is 0.424 e. The molecule has 1 heterocycles. The normalized spacial score (nSPS) is 15.4. The minimum Gasteiger partial charge on any atom is -0.424 e. The first-order valence-electron chi connectivity index (χ1n) is 7.45. The predicted octanol–water partition coefficient (Wildman–Crippen LogP) is 2.79. The van der Waals surface area contributed by atoms with Crippen molar-refractivity contribution in [2.45, 2.75) is 38.5 Å². The molecule has 0 bridgehead atoms. The second-order valence-corrected chi connectivity index (χ2v) is 5.42. The van der Waals surface area contributed by atoms with Crippen molar-refractivity contribution in [3.63, 3.8) is 0 Å². The fraction of sp³-hybridized carbons (Fsp3) is 0.533. The third-order valence-electron chi connectivity index (χ3n) is 3.07. The average Bonchev–Trinajstić information content (AvgIpc) is 2.85. The van der Waals surface area contributed by atoms with Crippen molar-refractivity contribution >= 4 is 6.03 Å². The van der Waals surface area contributed by atoms with Crippen LogP contribution in [0.4, 0.5) is 18.0 Å². The number of hydrogen-bond acceptors (Lipinski definition) is 4. The highest BCUT2D eigenvalue weighted by Gasteiger charge is 2.65. The molecule has 2 amide bonds. The summed E-state index contributed by atoms with van der Waals surface area (Å²) < 4.78 is 55.0. The molecule has 0 unspecified atom stereocenters. The zero-order valence-corrected chi connectivity index (χ0v) is 13.3. The van der Waals surface area contributed by atoms with Gasteiger partial charge in [0, 0.05) is 13.2 Å². The van der Waals surface area contributed by atoms with Crippen molar-refractivity contribution in [3.8, 4) is 11.5 Å². The van der Waals surface area contributed by atoms with E-state index in [1.54, 1.807) is 5.32 Å². The first-order valence-corrected chi connectivity index (χ1v) is 7.45. The number of urea groups is 1. The van der Waals surface area contributed by atoms with Gasteiger partial charge in [-0.3, -0.25) is 5.32 Å². The van der Waals surface area contributed by atoms with Gasteiger partial charge in [-0.05, 0) is 32.4 Å². The molecule has 0 radical (unpaired) electrons. The molecule has 0 spiro atoms. The number of rotatable bonds is 6. The molecule has 0 aliphatic carbocycles. The van der Waals surface area contributed by atoms with Crippen LogP contribution in [-0.2, 0) is 4.74 Å². The minimum absolute atomic E-state index is 0.0473. The predicted molar refractivity (Wildman–Crippen MR) is 78.7 cm³/mol. The van der Waals surface area contributed by atoms with E-state index in [2.05, 4.69) is 5.32 Å². The van der Waals surface area contributed by atoms with Crippen LogP contribution in [0.15, 0.2) is 24.3 Å². The molecule has 0 atom stereocenters. The van der Waals surface area contributed by atoms with E-state index in [1.807, 2.05) is 13.8 Å². The Kier molecular flexibility index (Phi) is 5.43. The van der Waals surface area contributed by atoms with Gasteiger partial charge in [0.25, 0.3) is 0 Å². The van der Waals surface area contributed by atoms with E-state index >= 15 is 0 Å². The summed E-state index contributed by atoms with van der Waals surface area (Å²) in [5.41, 5.74) is 0. The van der Waals surface area contributed by atoms with Crippen molar-refractivity contribution in [1.29, 1.82) is 0 Å². The summed E-state index contributed by atoms with van der Waals surface area (Å²) in [4.78, 5) is 11.8. The molecule has 134 valence electrons. The van der Waals surface area contributed by atoms with Crippen LogP contribution < -0.4 is 20.1 Å². The average molecular weight is 348 g/mol. The number of fused-ring (bicyclic) bond motifs is 1. The molecule has 1 aromatic rings. The first kappa shape index (κ1) is 18.2. The van der Waals surface area contributed by atoms with Crippen LogP contribution in [0.3, 0.4) is 0 Å². The van der Waals surface area contributed by atoms with Crippen molar-refractivity contribution in [2.24, 2.45) is 0 Å². The largest absolute Gasteiger partial charge is 0.492 e. The summed E-state index contributed by atoms with van der Waals surface area (Å²) in [5, 5.41) is 4.04. The fourth-order valence-electron chi connectivity index (χ4n) is 1.97. The molecule has 1 aromatic carbocycles. The Morgan fingerprint density at radius 3 is 2.33 bits per heavy atom. The highest BCUT2D eigenvalue weighted by atomic mass is 19.4. The number of amides is 2. The Hall–Kier alpha value is -2.16. The number of halogens is 3. The van der Waals surface area contributed by atoms with E-state index in [-0.39, 0.29) is 24.1 Å². The number of hydrogen-bond donors (Lipinski definition) is 2. The molecule has 9 heteroatoms. The summed E-state index contributed by atoms with van der Waals surface area (Å²) in [6, 6.07) is 4.61. The van der Waals surface area contributed by atoms with E-state index in [0.717, 1.165) is 0 Å². The Morgan fingerprint density at radius 1 is 1.25 bits per heavy atom. The molecule has 24 heavy (non-hydrogen) atoms. The van der Waals surface area contributed by atoms with Gasteiger partial charge in [0.1, 0.15) is 0 Å². The van der Waals surface area contributed by atoms with Crippen LogP contribution in [0.2, 0.25) is 0 Å². The zero-order chi connectivity index (χ0) is 17.8. The van der Waals surface area contributed by atoms with Crippen molar-refractivity contribution in [1.82, 2.24) is 10.6 Å². The molecular weight excluding hydrogens is 329 g/mol. The fourth-order valence-corrected chi connectivity index (χ4v) is 1.97. The van der Waals surface area contributed by atoms with E-state index in [9.17, 15) is 18.0 Å². The van der Waals surface area contributed by atoms with Gasteiger partial charge < -0.3 is 19.5 Å². The lowest BCUT2D eigenvalue weighted by molar-refractivity contribution is -0.317. The molecule has 2 N–H and O–H groups in total. The van der Waals surface area contributed by atoms with Crippen molar-refractivity contribution in [3.05, 3.63) is 24.3 Å². The molecule has 1 aliphatic rings. The van der Waals surface area contributed by atoms with Gasteiger partial charge in [-0.15, -0.1) is 0 Å².